The Morgan fingerprint density at radius 3 is 2.48 bits per heavy atom. The maximum atomic E-state index is 15.0. The molecule has 0 fully saturated rings. The standard InChI is InChI=1S/C23H21F2N3O/c1-23(2,3)18-15(24)8-9-16(19(18)25)26-22(29)21-17-13-10-14(20(17)27-28-21)12-7-5-4-6-11(12)13/h4-9,13-14H,10H2,1-3H3,(H,26,29)(H,27,28). The van der Waals surface area contributed by atoms with Crippen LogP contribution >= 0.6 is 0 Å². The van der Waals surface area contributed by atoms with Crippen LogP contribution in [-0.4, -0.2) is 16.1 Å². The number of aromatic amines is 1. The zero-order chi connectivity index (χ0) is 20.5. The van der Waals surface area contributed by atoms with E-state index in [9.17, 15) is 13.6 Å². The number of benzene rings is 2. The van der Waals surface area contributed by atoms with Gasteiger partial charge in [-0.1, -0.05) is 45.0 Å². The first-order valence-electron chi connectivity index (χ1n) is 9.74. The molecule has 148 valence electrons. The van der Waals surface area contributed by atoms with Crippen LogP contribution in [0.1, 0.15) is 77.5 Å². The highest BCUT2D eigenvalue weighted by atomic mass is 19.1. The maximum Gasteiger partial charge on any atom is 0.276 e. The van der Waals surface area contributed by atoms with Crippen LogP contribution in [0, 0.1) is 11.6 Å². The number of anilines is 1. The lowest BCUT2D eigenvalue weighted by atomic mass is 9.85. The number of aromatic nitrogens is 2. The van der Waals surface area contributed by atoms with Crippen molar-refractivity contribution in [2.45, 2.75) is 44.4 Å². The van der Waals surface area contributed by atoms with Gasteiger partial charge < -0.3 is 5.32 Å². The van der Waals surface area contributed by atoms with E-state index in [2.05, 4.69) is 27.6 Å². The summed E-state index contributed by atoms with van der Waals surface area (Å²) in [5.74, 6) is -1.52. The minimum Gasteiger partial charge on any atom is -0.318 e. The molecule has 6 heteroatoms. The Balaban J connectivity index is 1.49. The van der Waals surface area contributed by atoms with Gasteiger partial charge >= 0.3 is 0 Å². The molecule has 2 atom stereocenters. The number of amides is 1. The van der Waals surface area contributed by atoms with Gasteiger partial charge in [0.2, 0.25) is 0 Å². The van der Waals surface area contributed by atoms with Crippen molar-refractivity contribution in [2.75, 3.05) is 5.32 Å². The Morgan fingerprint density at radius 2 is 1.79 bits per heavy atom. The number of carbonyl (C=O) groups is 1. The van der Waals surface area contributed by atoms with E-state index in [0.29, 0.717) is 0 Å². The van der Waals surface area contributed by atoms with Crippen molar-refractivity contribution in [3.8, 4) is 0 Å². The average molecular weight is 393 g/mol. The molecule has 0 saturated heterocycles. The number of halogens is 2. The van der Waals surface area contributed by atoms with Crippen molar-refractivity contribution in [3.63, 3.8) is 0 Å². The topological polar surface area (TPSA) is 57.8 Å². The van der Waals surface area contributed by atoms with Gasteiger partial charge in [-0.05, 0) is 35.1 Å². The van der Waals surface area contributed by atoms with Gasteiger partial charge in [0, 0.05) is 28.7 Å². The van der Waals surface area contributed by atoms with E-state index >= 15 is 0 Å². The third-order valence-corrected chi connectivity index (χ3v) is 6.05. The normalized spacial score (nSPS) is 19.2. The van der Waals surface area contributed by atoms with Crippen LogP contribution in [0.5, 0.6) is 0 Å². The first-order chi connectivity index (χ1) is 13.8. The summed E-state index contributed by atoms with van der Waals surface area (Å²) in [5, 5.41) is 9.87. The van der Waals surface area contributed by atoms with Crippen LogP contribution in [0.3, 0.4) is 0 Å². The molecule has 2 unspecified atom stereocenters. The van der Waals surface area contributed by atoms with Crippen molar-refractivity contribution in [1.82, 2.24) is 10.2 Å². The van der Waals surface area contributed by atoms with Gasteiger partial charge in [-0.2, -0.15) is 5.10 Å². The molecule has 4 nitrogen and oxygen atoms in total. The van der Waals surface area contributed by atoms with Crippen LogP contribution in [0.15, 0.2) is 36.4 Å². The molecule has 29 heavy (non-hydrogen) atoms. The fourth-order valence-corrected chi connectivity index (χ4v) is 4.86. The average Bonchev–Trinajstić information content (AvgIpc) is 3.33. The summed E-state index contributed by atoms with van der Waals surface area (Å²) in [6, 6.07) is 10.7. The summed E-state index contributed by atoms with van der Waals surface area (Å²) in [4.78, 5) is 13.0. The number of hydrogen-bond donors (Lipinski definition) is 2. The van der Waals surface area contributed by atoms with Crippen LogP contribution < -0.4 is 5.32 Å². The second-order valence-corrected chi connectivity index (χ2v) is 8.86. The van der Waals surface area contributed by atoms with Gasteiger partial charge in [0.15, 0.2) is 11.5 Å². The molecule has 1 aromatic heterocycles. The molecule has 0 saturated carbocycles. The fourth-order valence-electron chi connectivity index (χ4n) is 4.86. The largest absolute Gasteiger partial charge is 0.318 e. The van der Waals surface area contributed by atoms with Gasteiger partial charge in [0.25, 0.3) is 5.91 Å². The summed E-state index contributed by atoms with van der Waals surface area (Å²) in [6.07, 6.45) is 0.919. The molecule has 0 aliphatic heterocycles. The Kier molecular flexibility index (Phi) is 3.72. The first kappa shape index (κ1) is 18.0. The van der Waals surface area contributed by atoms with E-state index in [-0.39, 0.29) is 28.8 Å². The number of fused-ring (bicyclic) bond motifs is 8. The summed E-state index contributed by atoms with van der Waals surface area (Å²) >= 11 is 0. The molecular formula is C23H21F2N3O. The van der Waals surface area contributed by atoms with Gasteiger partial charge in [-0.3, -0.25) is 9.89 Å². The molecule has 2 N–H and O–H groups in total. The molecule has 2 aromatic carbocycles. The summed E-state index contributed by atoms with van der Waals surface area (Å²) in [7, 11) is 0. The van der Waals surface area contributed by atoms with Gasteiger partial charge in [0.1, 0.15) is 5.82 Å². The van der Waals surface area contributed by atoms with Crippen molar-refractivity contribution in [1.29, 1.82) is 0 Å². The van der Waals surface area contributed by atoms with Gasteiger partial charge in [-0.15, -0.1) is 0 Å². The van der Waals surface area contributed by atoms with E-state index in [0.717, 1.165) is 17.7 Å². The quantitative estimate of drug-likeness (QED) is 0.627. The van der Waals surface area contributed by atoms with E-state index in [4.69, 9.17) is 0 Å². The monoisotopic (exact) mass is 393 g/mol. The maximum absolute atomic E-state index is 15.0. The third kappa shape index (κ3) is 2.55. The zero-order valence-electron chi connectivity index (χ0n) is 16.4. The second kappa shape index (κ2) is 5.99. The van der Waals surface area contributed by atoms with Crippen molar-refractivity contribution in [2.24, 2.45) is 0 Å². The van der Waals surface area contributed by atoms with Crippen molar-refractivity contribution < 1.29 is 13.6 Å². The van der Waals surface area contributed by atoms with Crippen LogP contribution in [0.25, 0.3) is 0 Å². The summed E-state index contributed by atoms with van der Waals surface area (Å²) < 4.78 is 29.2. The lowest BCUT2D eigenvalue weighted by Gasteiger charge is -2.22. The molecule has 0 radical (unpaired) electrons. The van der Waals surface area contributed by atoms with Crippen LogP contribution in [-0.2, 0) is 5.41 Å². The molecule has 1 amide bonds. The smallest absolute Gasteiger partial charge is 0.276 e. The number of carbonyl (C=O) groups excluding carboxylic acids is 1. The second-order valence-electron chi connectivity index (χ2n) is 8.86. The lowest BCUT2D eigenvalue weighted by Crippen LogP contribution is -2.20. The highest BCUT2D eigenvalue weighted by molar-refractivity contribution is 6.04. The molecule has 2 aliphatic rings. The SMILES string of the molecule is CC(C)(C)c1c(F)ccc(NC(=O)c2n[nH]c3c2C2CC3c3ccccc32)c1F. The molecule has 0 spiro atoms. The minimum absolute atomic E-state index is 0.0402. The zero-order valence-corrected chi connectivity index (χ0v) is 16.4. The minimum atomic E-state index is -0.745. The van der Waals surface area contributed by atoms with E-state index in [1.165, 1.54) is 23.3 Å². The Labute approximate surface area is 167 Å². The van der Waals surface area contributed by atoms with Gasteiger partial charge in [0.05, 0.1) is 5.69 Å². The van der Waals surface area contributed by atoms with E-state index in [1.807, 2.05) is 12.1 Å². The number of nitrogens with zero attached hydrogens (tertiary/aromatic N) is 1. The lowest BCUT2D eigenvalue weighted by molar-refractivity contribution is 0.102. The van der Waals surface area contributed by atoms with Crippen LogP contribution in [0.4, 0.5) is 14.5 Å². The van der Waals surface area contributed by atoms with E-state index in [1.54, 1.807) is 20.8 Å². The number of hydrogen-bond acceptors (Lipinski definition) is 2. The van der Waals surface area contributed by atoms with Crippen molar-refractivity contribution in [3.05, 3.63) is 81.7 Å². The number of H-pyrrole nitrogens is 1. The molecular weight excluding hydrogens is 372 g/mol. The molecule has 3 aromatic rings. The predicted molar refractivity (Wildman–Crippen MR) is 106 cm³/mol. The number of rotatable bonds is 2. The summed E-state index contributed by atoms with van der Waals surface area (Å²) in [5.41, 5.74) is 3.83. The van der Waals surface area contributed by atoms with Crippen molar-refractivity contribution >= 4 is 11.6 Å². The van der Waals surface area contributed by atoms with Crippen LogP contribution in [0.2, 0.25) is 0 Å². The first-order valence-corrected chi connectivity index (χ1v) is 9.74. The Bertz CT molecular complexity index is 1160. The third-order valence-electron chi connectivity index (χ3n) is 6.05. The molecule has 1 heterocycles. The molecule has 5 rings (SSSR count). The predicted octanol–water partition coefficient (Wildman–Crippen LogP) is 5.22. The van der Waals surface area contributed by atoms with Gasteiger partial charge in [-0.25, -0.2) is 8.78 Å². The highest BCUT2D eigenvalue weighted by Crippen LogP contribution is 2.56. The highest BCUT2D eigenvalue weighted by Gasteiger charge is 2.45. The molecule has 2 bridgehead atoms. The van der Waals surface area contributed by atoms with E-state index < -0.39 is 23.0 Å². The fraction of sp³-hybridized carbons (Fsp3) is 0.304. The molecule has 2 aliphatic carbocycles. The Hall–Kier alpha value is -3.02. The Morgan fingerprint density at radius 1 is 1.10 bits per heavy atom. The summed E-state index contributed by atoms with van der Waals surface area (Å²) in [6.45, 7) is 5.19. The number of nitrogens with one attached hydrogen (secondary N) is 2.